The molecule has 0 radical (unpaired) electrons. The van der Waals surface area contributed by atoms with E-state index in [2.05, 4.69) is 4.72 Å². The molecule has 1 atom stereocenters. The van der Waals surface area contributed by atoms with Gasteiger partial charge in [0.25, 0.3) is 15.9 Å². The van der Waals surface area contributed by atoms with Crippen molar-refractivity contribution in [3.63, 3.8) is 0 Å². The first-order chi connectivity index (χ1) is 14.6. The molecule has 5 nitrogen and oxygen atoms in total. The van der Waals surface area contributed by atoms with Crippen LogP contribution >= 0.6 is 0 Å². The van der Waals surface area contributed by atoms with E-state index in [9.17, 15) is 26.4 Å². The van der Waals surface area contributed by atoms with Crippen molar-refractivity contribution in [1.29, 1.82) is 0 Å². The highest BCUT2D eigenvalue weighted by molar-refractivity contribution is 7.92. The minimum atomic E-state index is -4.15. The third-order valence-electron chi connectivity index (χ3n) is 4.84. The third-order valence-corrected chi connectivity index (χ3v) is 6.20. The normalized spacial score (nSPS) is 12.3. The average Bonchev–Trinajstić information content (AvgIpc) is 2.75. The lowest BCUT2D eigenvalue weighted by molar-refractivity contribution is 0.0742. The first kappa shape index (κ1) is 22.4. The molecule has 31 heavy (non-hydrogen) atoms. The third kappa shape index (κ3) is 4.88. The summed E-state index contributed by atoms with van der Waals surface area (Å²) in [6.45, 7) is 1.63. The molecule has 0 aliphatic carbocycles. The Balaban J connectivity index is 1.85. The molecule has 0 saturated heterocycles. The number of amides is 1. The van der Waals surface area contributed by atoms with Crippen LogP contribution in [0, 0.1) is 17.5 Å². The predicted octanol–water partition coefficient (Wildman–Crippen LogP) is 4.74. The Bertz CT molecular complexity index is 1230. The Morgan fingerprint density at radius 2 is 1.61 bits per heavy atom. The highest BCUT2D eigenvalue weighted by atomic mass is 32.2. The van der Waals surface area contributed by atoms with Crippen LogP contribution in [0.25, 0.3) is 0 Å². The number of benzene rings is 3. The smallest absolute Gasteiger partial charge is 0.262 e. The molecule has 0 aliphatic heterocycles. The highest BCUT2D eigenvalue weighted by Gasteiger charge is 2.23. The van der Waals surface area contributed by atoms with E-state index in [0.717, 1.165) is 18.2 Å². The van der Waals surface area contributed by atoms with Gasteiger partial charge in [-0.2, -0.15) is 0 Å². The maximum Gasteiger partial charge on any atom is 0.262 e. The van der Waals surface area contributed by atoms with Crippen molar-refractivity contribution in [1.82, 2.24) is 4.90 Å². The summed E-state index contributed by atoms with van der Waals surface area (Å²) in [4.78, 5) is 13.9. The first-order valence-electron chi connectivity index (χ1n) is 9.19. The molecular formula is C22H19F3N2O3S. The number of sulfonamides is 1. The van der Waals surface area contributed by atoms with E-state index < -0.39 is 39.4 Å². The Labute approximate surface area is 178 Å². The van der Waals surface area contributed by atoms with E-state index in [1.807, 2.05) is 0 Å². The first-order valence-corrected chi connectivity index (χ1v) is 10.7. The highest BCUT2D eigenvalue weighted by Crippen LogP contribution is 2.24. The van der Waals surface area contributed by atoms with E-state index >= 15 is 0 Å². The van der Waals surface area contributed by atoms with Gasteiger partial charge >= 0.3 is 0 Å². The molecule has 162 valence electrons. The van der Waals surface area contributed by atoms with Crippen LogP contribution in [0.4, 0.5) is 18.9 Å². The zero-order valence-corrected chi connectivity index (χ0v) is 17.5. The fourth-order valence-electron chi connectivity index (χ4n) is 2.92. The minimum absolute atomic E-state index is 0.0633. The van der Waals surface area contributed by atoms with E-state index in [1.54, 1.807) is 6.92 Å². The summed E-state index contributed by atoms with van der Waals surface area (Å²) < 4.78 is 68.0. The van der Waals surface area contributed by atoms with Gasteiger partial charge in [0.05, 0.1) is 16.6 Å². The monoisotopic (exact) mass is 448 g/mol. The zero-order chi connectivity index (χ0) is 22.8. The van der Waals surface area contributed by atoms with Crippen LogP contribution in [-0.4, -0.2) is 26.3 Å². The Hall–Kier alpha value is -3.33. The molecular weight excluding hydrogens is 429 g/mol. The van der Waals surface area contributed by atoms with E-state index in [1.165, 1.54) is 60.5 Å². The van der Waals surface area contributed by atoms with Crippen molar-refractivity contribution >= 4 is 21.6 Å². The summed E-state index contributed by atoms with van der Waals surface area (Å²) in [5.74, 6) is -3.29. The number of nitrogens with zero attached hydrogens (tertiary/aromatic N) is 1. The van der Waals surface area contributed by atoms with Crippen LogP contribution in [0.3, 0.4) is 0 Å². The molecule has 0 aromatic heterocycles. The predicted molar refractivity (Wildman–Crippen MR) is 111 cm³/mol. The van der Waals surface area contributed by atoms with Crippen molar-refractivity contribution in [3.05, 3.63) is 95.3 Å². The topological polar surface area (TPSA) is 66.5 Å². The molecule has 0 aliphatic rings. The van der Waals surface area contributed by atoms with E-state index in [4.69, 9.17) is 0 Å². The number of nitrogens with one attached hydrogen (secondary N) is 1. The number of halogens is 3. The second-order valence-corrected chi connectivity index (χ2v) is 8.56. The Morgan fingerprint density at radius 1 is 0.903 bits per heavy atom. The van der Waals surface area contributed by atoms with Crippen molar-refractivity contribution < 1.29 is 26.4 Å². The molecule has 1 N–H and O–H groups in total. The summed E-state index contributed by atoms with van der Waals surface area (Å²) in [6.07, 6.45) is 0. The number of hydrogen-bond donors (Lipinski definition) is 1. The SMILES string of the molecule is C[C@H](c1ccc(F)c(F)c1)N(C)C(=O)c1cccc(S(=O)(=O)Nc2ccccc2F)c1. The summed E-state index contributed by atoms with van der Waals surface area (Å²) in [6, 6.07) is 13.3. The molecule has 3 aromatic rings. The molecule has 9 heteroatoms. The number of para-hydroxylation sites is 1. The fraction of sp³-hybridized carbons (Fsp3) is 0.136. The van der Waals surface area contributed by atoms with Crippen LogP contribution in [0.2, 0.25) is 0 Å². The molecule has 0 spiro atoms. The number of anilines is 1. The molecule has 0 bridgehead atoms. The number of carbonyl (C=O) groups is 1. The van der Waals surface area contributed by atoms with Crippen LogP contribution < -0.4 is 4.72 Å². The van der Waals surface area contributed by atoms with Crippen LogP contribution in [0.1, 0.15) is 28.9 Å². The van der Waals surface area contributed by atoms with Crippen molar-refractivity contribution in [3.8, 4) is 0 Å². The number of rotatable bonds is 6. The molecule has 0 fully saturated rings. The maximum absolute atomic E-state index is 13.8. The quantitative estimate of drug-likeness (QED) is 0.593. The van der Waals surface area contributed by atoms with Gasteiger partial charge in [-0.15, -0.1) is 0 Å². The van der Waals surface area contributed by atoms with Crippen molar-refractivity contribution in [2.45, 2.75) is 17.9 Å². The summed E-state index contributed by atoms with van der Waals surface area (Å²) in [5.41, 5.74) is 0.219. The second kappa shape index (κ2) is 8.81. The van der Waals surface area contributed by atoms with Gasteiger partial charge < -0.3 is 4.90 Å². The molecule has 0 unspecified atom stereocenters. The summed E-state index contributed by atoms with van der Waals surface area (Å²) >= 11 is 0. The summed E-state index contributed by atoms with van der Waals surface area (Å²) in [7, 11) is -2.69. The van der Waals surface area contributed by atoms with Gasteiger partial charge in [-0.05, 0) is 55.0 Å². The number of hydrogen-bond acceptors (Lipinski definition) is 3. The van der Waals surface area contributed by atoms with Gasteiger partial charge in [-0.1, -0.05) is 24.3 Å². The molecule has 0 heterocycles. The van der Waals surface area contributed by atoms with Crippen LogP contribution in [0.5, 0.6) is 0 Å². The molecule has 3 rings (SSSR count). The van der Waals surface area contributed by atoms with Gasteiger partial charge in [0.15, 0.2) is 11.6 Å². The van der Waals surface area contributed by atoms with Gasteiger partial charge in [0.2, 0.25) is 0 Å². The lowest BCUT2D eigenvalue weighted by Gasteiger charge is -2.25. The van der Waals surface area contributed by atoms with Gasteiger partial charge in [-0.25, -0.2) is 21.6 Å². The molecule has 1 amide bonds. The maximum atomic E-state index is 13.8. The van der Waals surface area contributed by atoms with Crippen molar-refractivity contribution in [2.75, 3.05) is 11.8 Å². The fourth-order valence-corrected chi connectivity index (χ4v) is 4.03. The average molecular weight is 448 g/mol. The second-order valence-electron chi connectivity index (χ2n) is 6.88. The Morgan fingerprint density at radius 3 is 2.29 bits per heavy atom. The van der Waals surface area contributed by atoms with Gasteiger partial charge in [0.1, 0.15) is 5.82 Å². The largest absolute Gasteiger partial charge is 0.335 e. The summed E-state index contributed by atoms with van der Waals surface area (Å²) in [5, 5.41) is 0. The lowest BCUT2D eigenvalue weighted by atomic mass is 10.1. The molecule has 0 saturated carbocycles. The zero-order valence-electron chi connectivity index (χ0n) is 16.6. The van der Waals surface area contributed by atoms with Crippen LogP contribution in [-0.2, 0) is 10.0 Å². The van der Waals surface area contributed by atoms with Crippen molar-refractivity contribution in [2.24, 2.45) is 0 Å². The van der Waals surface area contributed by atoms with Gasteiger partial charge in [0, 0.05) is 12.6 Å². The lowest BCUT2D eigenvalue weighted by Crippen LogP contribution is -2.30. The van der Waals surface area contributed by atoms with E-state index in [0.29, 0.717) is 5.56 Å². The molecule has 3 aromatic carbocycles. The standard InChI is InChI=1S/C22H19F3N2O3S/c1-14(15-10-11-18(23)20(25)13-15)27(2)22(28)16-6-5-7-17(12-16)31(29,30)26-21-9-4-3-8-19(21)24/h3-14,26H,1-2H3/t14-/m1/s1. The van der Waals surface area contributed by atoms with Crippen LogP contribution in [0.15, 0.2) is 71.6 Å². The van der Waals surface area contributed by atoms with E-state index in [-0.39, 0.29) is 16.1 Å². The Kier molecular flexibility index (Phi) is 6.35. The minimum Gasteiger partial charge on any atom is -0.335 e. The van der Waals surface area contributed by atoms with Gasteiger partial charge in [-0.3, -0.25) is 9.52 Å². The number of carbonyl (C=O) groups excluding carboxylic acids is 1.